The van der Waals surface area contributed by atoms with E-state index in [1.807, 2.05) is 0 Å². The number of alkyl carbamates (subject to hydrolysis) is 1. The molecule has 10 nitrogen and oxygen atoms in total. The lowest BCUT2D eigenvalue weighted by Crippen LogP contribution is -2.37. The summed E-state index contributed by atoms with van der Waals surface area (Å²) in [6.07, 6.45) is -4.98. The van der Waals surface area contributed by atoms with Gasteiger partial charge in [0.25, 0.3) is 5.91 Å². The quantitative estimate of drug-likeness (QED) is 0.542. The van der Waals surface area contributed by atoms with E-state index in [0.717, 1.165) is 5.69 Å². The number of carbonyl (C=O) groups excluding carboxylic acids is 2. The van der Waals surface area contributed by atoms with E-state index in [9.17, 15) is 22.8 Å². The van der Waals surface area contributed by atoms with Crippen LogP contribution in [0.15, 0.2) is 12.1 Å². The van der Waals surface area contributed by atoms with Crippen LogP contribution >= 0.6 is 0 Å². The molecule has 0 aromatic carbocycles. The second kappa shape index (κ2) is 10.2. The minimum Gasteiger partial charge on any atom is -0.446 e. The maximum absolute atomic E-state index is 12.5. The van der Waals surface area contributed by atoms with Gasteiger partial charge in [0.2, 0.25) is 0 Å². The number of hydrogen-bond donors (Lipinski definition) is 3. The molecule has 3 rings (SSSR count). The van der Waals surface area contributed by atoms with Crippen LogP contribution < -0.4 is 10.6 Å². The maximum atomic E-state index is 12.5. The number of rotatable bonds is 8. The first-order valence-corrected chi connectivity index (χ1v) is 10.5. The number of hydrogen-bond acceptors (Lipinski definition) is 6. The van der Waals surface area contributed by atoms with Gasteiger partial charge in [0, 0.05) is 37.9 Å². The molecule has 3 N–H and O–H groups in total. The van der Waals surface area contributed by atoms with Gasteiger partial charge in [-0.3, -0.25) is 14.6 Å². The molecule has 13 heteroatoms. The highest BCUT2D eigenvalue weighted by atomic mass is 19.4. The fraction of sp³-hybridized carbons (Fsp3) is 0.600. The van der Waals surface area contributed by atoms with Gasteiger partial charge in [-0.1, -0.05) is 0 Å². The van der Waals surface area contributed by atoms with Gasteiger partial charge >= 0.3 is 12.3 Å². The normalized spacial score (nSPS) is 19.3. The molecule has 0 radical (unpaired) electrons. The van der Waals surface area contributed by atoms with Gasteiger partial charge in [-0.05, 0) is 32.3 Å². The molecular formula is C20H27F3N6O4. The number of H-pyrrole nitrogens is 1. The number of methoxy groups -OCH3 is 1. The van der Waals surface area contributed by atoms with E-state index in [2.05, 4.69) is 25.9 Å². The van der Waals surface area contributed by atoms with Crippen LogP contribution in [0, 0.1) is 0 Å². The van der Waals surface area contributed by atoms with Crippen molar-refractivity contribution < 1.29 is 32.2 Å². The Morgan fingerprint density at radius 2 is 2.09 bits per heavy atom. The van der Waals surface area contributed by atoms with Gasteiger partial charge in [-0.15, -0.1) is 0 Å². The molecule has 3 atom stereocenters. The van der Waals surface area contributed by atoms with Crippen LogP contribution in [0.1, 0.15) is 60.4 Å². The number of halogens is 3. The van der Waals surface area contributed by atoms with Crippen LogP contribution in [-0.2, 0) is 23.1 Å². The molecule has 0 spiro atoms. The first-order valence-electron chi connectivity index (χ1n) is 10.5. The summed E-state index contributed by atoms with van der Waals surface area (Å²) in [5, 5.41) is 16.1. The number of nitrogens with zero attached hydrogens (tertiary/aromatic N) is 3. The number of alkyl halides is 3. The largest absolute Gasteiger partial charge is 0.446 e. The van der Waals surface area contributed by atoms with E-state index < -0.39 is 30.8 Å². The van der Waals surface area contributed by atoms with Crippen molar-refractivity contribution >= 4 is 17.8 Å². The van der Waals surface area contributed by atoms with Gasteiger partial charge in [-0.25, -0.2) is 4.79 Å². The highest BCUT2D eigenvalue weighted by Gasteiger charge is 2.33. The van der Waals surface area contributed by atoms with Crippen molar-refractivity contribution in [2.24, 2.45) is 7.05 Å². The number of amides is 2. The van der Waals surface area contributed by atoms with Crippen LogP contribution in [0.25, 0.3) is 0 Å². The van der Waals surface area contributed by atoms with Crippen molar-refractivity contribution in [2.45, 2.75) is 63.5 Å². The predicted octanol–water partition coefficient (Wildman–Crippen LogP) is 3.25. The van der Waals surface area contributed by atoms with Crippen LogP contribution in [0.3, 0.4) is 0 Å². The van der Waals surface area contributed by atoms with Gasteiger partial charge < -0.3 is 20.1 Å². The zero-order chi connectivity index (χ0) is 24.2. The van der Waals surface area contributed by atoms with E-state index in [1.165, 1.54) is 11.6 Å². The summed E-state index contributed by atoms with van der Waals surface area (Å²) >= 11 is 0. The van der Waals surface area contributed by atoms with Crippen LogP contribution in [0.5, 0.6) is 0 Å². The van der Waals surface area contributed by atoms with E-state index >= 15 is 0 Å². The Morgan fingerprint density at radius 3 is 2.79 bits per heavy atom. The fourth-order valence-corrected chi connectivity index (χ4v) is 3.86. The molecule has 1 aliphatic rings. The van der Waals surface area contributed by atoms with Crippen molar-refractivity contribution in [1.82, 2.24) is 25.3 Å². The third-order valence-corrected chi connectivity index (χ3v) is 5.29. The molecule has 2 amide bonds. The standard InChI is InChI=1S/C20H27F3N6O4/c1-11(9-20(21,22)23)24-19(31)33-14-5-4-12(6-14)15-8-17(27-26-15)25-18(30)16-7-13(10-32-3)28-29(16)2/h7-8,11-12,14H,4-6,9-10H2,1-3H3,(H,24,31)(H2,25,26,27,30)/t11?,12-,14+/m0/s1. The predicted molar refractivity (Wildman–Crippen MR) is 111 cm³/mol. The molecule has 0 aliphatic heterocycles. The molecule has 2 aromatic heterocycles. The molecule has 2 aromatic rings. The molecule has 0 saturated heterocycles. The molecule has 1 fully saturated rings. The lowest BCUT2D eigenvalue weighted by molar-refractivity contribution is -0.138. The Bertz CT molecular complexity index is 973. The van der Waals surface area contributed by atoms with Gasteiger partial charge in [-0.2, -0.15) is 23.4 Å². The summed E-state index contributed by atoms with van der Waals surface area (Å²) in [7, 11) is 3.20. The lowest BCUT2D eigenvalue weighted by Gasteiger charge is -2.18. The maximum Gasteiger partial charge on any atom is 0.407 e. The summed E-state index contributed by atoms with van der Waals surface area (Å²) in [5.74, 6) is -0.0196. The Morgan fingerprint density at radius 1 is 1.33 bits per heavy atom. The van der Waals surface area contributed by atoms with Crippen LogP contribution in [0.2, 0.25) is 0 Å². The Kier molecular flexibility index (Phi) is 7.61. The summed E-state index contributed by atoms with van der Waals surface area (Å²) < 4.78 is 48.9. The van der Waals surface area contributed by atoms with Crippen LogP contribution in [-0.4, -0.2) is 57.4 Å². The van der Waals surface area contributed by atoms with Gasteiger partial charge in [0.1, 0.15) is 11.8 Å². The minimum atomic E-state index is -4.36. The summed E-state index contributed by atoms with van der Waals surface area (Å²) in [4.78, 5) is 24.4. The second-order valence-corrected chi connectivity index (χ2v) is 8.14. The Hall–Kier alpha value is -3.09. The minimum absolute atomic E-state index is 0.0126. The monoisotopic (exact) mass is 472 g/mol. The molecule has 182 valence electrons. The average Bonchev–Trinajstić information content (AvgIpc) is 3.40. The smallest absolute Gasteiger partial charge is 0.407 e. The number of anilines is 1. The molecular weight excluding hydrogens is 445 g/mol. The number of aromatic nitrogens is 4. The number of ether oxygens (including phenoxy) is 2. The number of carbonyl (C=O) groups is 2. The second-order valence-electron chi connectivity index (χ2n) is 8.14. The van der Waals surface area contributed by atoms with Crippen molar-refractivity contribution in [3.05, 3.63) is 29.2 Å². The molecule has 1 saturated carbocycles. The van der Waals surface area contributed by atoms with E-state index in [1.54, 1.807) is 26.3 Å². The molecule has 1 unspecified atom stereocenters. The first-order chi connectivity index (χ1) is 15.5. The Labute approximate surface area is 188 Å². The molecule has 1 aliphatic carbocycles. The summed E-state index contributed by atoms with van der Waals surface area (Å²) in [6, 6.07) is 2.27. The SMILES string of the molecule is COCc1cc(C(=O)Nc2cc([C@H]3CC[C@@H](OC(=O)NC(C)CC(F)(F)F)C3)[nH]n2)n(C)n1. The number of aryl methyl sites for hydroxylation is 1. The summed E-state index contributed by atoms with van der Waals surface area (Å²) in [5.41, 5.74) is 1.75. The van der Waals surface area contributed by atoms with Crippen molar-refractivity contribution in [1.29, 1.82) is 0 Å². The first kappa shape index (κ1) is 24.6. The zero-order valence-electron chi connectivity index (χ0n) is 18.5. The zero-order valence-corrected chi connectivity index (χ0v) is 18.5. The van der Waals surface area contributed by atoms with Crippen molar-refractivity contribution in [2.75, 3.05) is 12.4 Å². The fourth-order valence-electron chi connectivity index (χ4n) is 3.86. The topological polar surface area (TPSA) is 123 Å². The van der Waals surface area contributed by atoms with E-state index in [0.29, 0.717) is 36.5 Å². The molecule has 2 heterocycles. The summed E-state index contributed by atoms with van der Waals surface area (Å²) in [6.45, 7) is 1.56. The molecule has 33 heavy (non-hydrogen) atoms. The van der Waals surface area contributed by atoms with E-state index in [4.69, 9.17) is 9.47 Å². The third kappa shape index (κ3) is 6.94. The molecule has 0 bridgehead atoms. The van der Waals surface area contributed by atoms with Gasteiger partial charge in [0.05, 0.1) is 18.7 Å². The highest BCUT2D eigenvalue weighted by Crippen LogP contribution is 2.36. The van der Waals surface area contributed by atoms with Crippen molar-refractivity contribution in [3.63, 3.8) is 0 Å². The highest BCUT2D eigenvalue weighted by molar-refractivity contribution is 6.02. The Balaban J connectivity index is 1.50. The number of aromatic amines is 1. The van der Waals surface area contributed by atoms with Crippen molar-refractivity contribution in [3.8, 4) is 0 Å². The van der Waals surface area contributed by atoms with Crippen LogP contribution in [0.4, 0.5) is 23.8 Å². The lowest BCUT2D eigenvalue weighted by atomic mass is 10.0. The van der Waals surface area contributed by atoms with E-state index in [-0.39, 0.29) is 18.4 Å². The third-order valence-electron chi connectivity index (χ3n) is 5.29. The number of nitrogens with one attached hydrogen (secondary N) is 3. The average molecular weight is 472 g/mol. The van der Waals surface area contributed by atoms with Gasteiger partial charge in [0.15, 0.2) is 5.82 Å².